The van der Waals surface area contributed by atoms with E-state index in [4.69, 9.17) is 11.5 Å². The highest BCUT2D eigenvalue weighted by Gasteiger charge is 2.42. The first-order valence-electron chi connectivity index (χ1n) is 11.0. The molecule has 0 radical (unpaired) electrons. The molecule has 32 heavy (non-hydrogen) atoms. The number of allylic oxidation sites excluding steroid dienone is 1. The van der Waals surface area contributed by atoms with Gasteiger partial charge in [0, 0.05) is 36.3 Å². The molecule has 0 aromatic carbocycles. The lowest BCUT2D eigenvalue weighted by Gasteiger charge is -2.32. The highest BCUT2D eigenvalue weighted by molar-refractivity contribution is 7.16. The summed E-state index contributed by atoms with van der Waals surface area (Å²) in [5, 5.41) is 13.5. The van der Waals surface area contributed by atoms with Crippen molar-refractivity contribution in [3.8, 4) is 6.07 Å². The maximum absolute atomic E-state index is 13.5. The molecule has 1 aliphatic heterocycles. The molecular formula is C23H29N7OS. The molecule has 0 amide bonds. The fourth-order valence-electron chi connectivity index (χ4n) is 4.68. The third kappa shape index (κ3) is 3.96. The van der Waals surface area contributed by atoms with E-state index in [2.05, 4.69) is 33.2 Å². The molecule has 2 aromatic rings. The van der Waals surface area contributed by atoms with Crippen LogP contribution in [0.3, 0.4) is 0 Å². The fraction of sp³-hybridized carbons (Fsp3) is 0.478. The van der Waals surface area contributed by atoms with E-state index in [1.54, 1.807) is 12.3 Å². The minimum atomic E-state index is -0.821. The zero-order valence-electron chi connectivity index (χ0n) is 18.5. The predicted molar refractivity (Wildman–Crippen MR) is 127 cm³/mol. The van der Waals surface area contributed by atoms with Crippen LogP contribution in [0.5, 0.6) is 0 Å². The number of aryl methyl sites for hydroxylation is 1. The second-order valence-electron chi connectivity index (χ2n) is 8.74. The van der Waals surface area contributed by atoms with Crippen LogP contribution in [0.25, 0.3) is 5.70 Å². The van der Waals surface area contributed by atoms with Crippen molar-refractivity contribution in [1.29, 1.82) is 5.26 Å². The van der Waals surface area contributed by atoms with Crippen molar-refractivity contribution in [1.82, 2.24) is 15.3 Å². The number of ketones is 1. The molecule has 168 valence electrons. The molecule has 8 nitrogen and oxygen atoms in total. The summed E-state index contributed by atoms with van der Waals surface area (Å²) < 4.78 is 0. The summed E-state index contributed by atoms with van der Waals surface area (Å²) >= 11 is 1.42. The standard InChI is InChI=1S/C23H29N7OS/c1-14-13-27-8-4-10-30(14)22-28-9-6-17(29-22)16(25)11-19(31)23(2)7-3-5-18-20(23)15(12-24)21(26)32-18/h6,9,11,14,27H,3-5,7-8,10,13,25-26H2,1-2H3/t14-,23+/m0/s1. The first kappa shape index (κ1) is 22.2. The molecule has 1 saturated heterocycles. The van der Waals surface area contributed by atoms with Gasteiger partial charge in [-0.3, -0.25) is 4.79 Å². The fourth-order valence-corrected chi connectivity index (χ4v) is 5.87. The Hall–Kier alpha value is -2.96. The molecule has 1 fully saturated rings. The van der Waals surface area contributed by atoms with Crippen LogP contribution in [-0.4, -0.2) is 41.4 Å². The summed E-state index contributed by atoms with van der Waals surface area (Å²) in [5.74, 6) is 0.490. The summed E-state index contributed by atoms with van der Waals surface area (Å²) in [7, 11) is 0. The summed E-state index contributed by atoms with van der Waals surface area (Å²) in [6, 6.07) is 4.18. The van der Waals surface area contributed by atoms with Crippen molar-refractivity contribution in [3.05, 3.63) is 40.0 Å². The Morgan fingerprint density at radius 3 is 3.06 bits per heavy atom. The van der Waals surface area contributed by atoms with Gasteiger partial charge in [0.15, 0.2) is 5.78 Å². The van der Waals surface area contributed by atoms with E-state index >= 15 is 0 Å². The molecule has 0 bridgehead atoms. The number of hydrogen-bond acceptors (Lipinski definition) is 9. The van der Waals surface area contributed by atoms with Crippen LogP contribution in [0.2, 0.25) is 0 Å². The van der Waals surface area contributed by atoms with Crippen molar-refractivity contribution >= 4 is 33.8 Å². The highest BCUT2D eigenvalue weighted by Crippen LogP contribution is 2.46. The van der Waals surface area contributed by atoms with E-state index in [1.165, 1.54) is 17.4 Å². The molecular weight excluding hydrogens is 422 g/mol. The van der Waals surface area contributed by atoms with Gasteiger partial charge in [-0.15, -0.1) is 11.3 Å². The van der Waals surface area contributed by atoms with Gasteiger partial charge in [0.1, 0.15) is 11.1 Å². The van der Waals surface area contributed by atoms with Crippen LogP contribution in [-0.2, 0) is 16.6 Å². The number of anilines is 2. The Bertz CT molecular complexity index is 1100. The number of rotatable bonds is 4. The molecule has 0 spiro atoms. The average molecular weight is 452 g/mol. The highest BCUT2D eigenvalue weighted by atomic mass is 32.1. The van der Waals surface area contributed by atoms with Gasteiger partial charge in [0.05, 0.1) is 22.4 Å². The van der Waals surface area contributed by atoms with Crippen molar-refractivity contribution < 1.29 is 4.79 Å². The van der Waals surface area contributed by atoms with Crippen molar-refractivity contribution in [3.63, 3.8) is 0 Å². The van der Waals surface area contributed by atoms with Crippen molar-refractivity contribution in [2.45, 2.75) is 51.0 Å². The van der Waals surface area contributed by atoms with Gasteiger partial charge >= 0.3 is 0 Å². The number of nitrogens with zero attached hydrogens (tertiary/aromatic N) is 4. The number of carbonyl (C=O) groups is 1. The Balaban J connectivity index is 1.65. The van der Waals surface area contributed by atoms with Gasteiger partial charge in [-0.25, -0.2) is 9.97 Å². The van der Waals surface area contributed by atoms with Gasteiger partial charge in [-0.1, -0.05) is 0 Å². The zero-order valence-corrected chi connectivity index (χ0v) is 19.3. The van der Waals surface area contributed by atoms with Gasteiger partial charge in [0.2, 0.25) is 5.95 Å². The van der Waals surface area contributed by atoms with E-state index in [9.17, 15) is 10.1 Å². The Morgan fingerprint density at radius 1 is 1.47 bits per heavy atom. The second kappa shape index (κ2) is 8.88. The predicted octanol–water partition coefficient (Wildman–Crippen LogP) is 2.34. The van der Waals surface area contributed by atoms with Gasteiger partial charge < -0.3 is 21.7 Å². The SMILES string of the molecule is C[C@H]1CNCCCN1c1nccc(C(N)=CC(=O)[C@@]2(C)CCCc3sc(N)c(C#N)c32)n1. The van der Waals surface area contributed by atoms with Gasteiger partial charge in [-0.2, -0.15) is 5.26 Å². The molecule has 2 aromatic heterocycles. The Morgan fingerprint density at radius 2 is 2.28 bits per heavy atom. The van der Waals surface area contributed by atoms with E-state index in [-0.39, 0.29) is 11.8 Å². The molecule has 5 N–H and O–H groups in total. The topological polar surface area (TPSA) is 134 Å². The normalized spacial score (nSPS) is 23.8. The lowest BCUT2D eigenvalue weighted by atomic mass is 9.69. The minimum absolute atomic E-state index is 0.127. The number of nitrogens with one attached hydrogen (secondary N) is 1. The quantitative estimate of drug-likeness (QED) is 0.603. The molecule has 3 heterocycles. The summed E-state index contributed by atoms with van der Waals surface area (Å²) in [6.07, 6.45) is 6.51. The van der Waals surface area contributed by atoms with Crippen LogP contribution < -0.4 is 21.7 Å². The number of thiophene rings is 1. The lowest BCUT2D eigenvalue weighted by molar-refractivity contribution is -0.119. The maximum atomic E-state index is 13.5. The molecule has 2 aliphatic rings. The van der Waals surface area contributed by atoms with Gasteiger partial charge in [0.25, 0.3) is 0 Å². The van der Waals surface area contributed by atoms with Crippen molar-refractivity contribution in [2.75, 3.05) is 30.3 Å². The third-order valence-corrected chi connectivity index (χ3v) is 7.58. The van der Waals surface area contributed by atoms with Crippen LogP contribution in [0, 0.1) is 11.3 Å². The van der Waals surface area contributed by atoms with Crippen molar-refractivity contribution in [2.24, 2.45) is 5.73 Å². The van der Waals surface area contributed by atoms with Gasteiger partial charge in [-0.05, 0) is 57.7 Å². The van der Waals surface area contributed by atoms with Crippen LogP contribution in [0.15, 0.2) is 18.3 Å². The number of hydrogen-bond donors (Lipinski definition) is 3. The minimum Gasteiger partial charge on any atom is -0.397 e. The first-order valence-corrected chi connectivity index (χ1v) is 11.8. The molecule has 0 saturated carbocycles. The zero-order chi connectivity index (χ0) is 22.9. The van der Waals surface area contributed by atoms with Crippen LogP contribution in [0.4, 0.5) is 10.9 Å². The Kier molecular flexibility index (Phi) is 6.17. The molecule has 0 unspecified atom stereocenters. The summed E-state index contributed by atoms with van der Waals surface area (Å²) in [5.41, 5.74) is 13.6. The van der Waals surface area contributed by atoms with Crippen LogP contribution >= 0.6 is 11.3 Å². The molecule has 9 heteroatoms. The largest absolute Gasteiger partial charge is 0.397 e. The number of carbonyl (C=O) groups excluding carboxylic acids is 1. The number of nitrogens with two attached hydrogens (primary N) is 2. The number of nitrogen functional groups attached to an aromatic ring is 1. The monoisotopic (exact) mass is 451 g/mol. The third-order valence-electron chi connectivity index (χ3n) is 6.50. The van der Waals surface area contributed by atoms with Crippen LogP contribution in [0.1, 0.15) is 54.8 Å². The molecule has 4 rings (SSSR count). The van der Waals surface area contributed by atoms with E-state index in [0.29, 0.717) is 34.3 Å². The smallest absolute Gasteiger partial charge is 0.226 e. The number of nitriles is 1. The summed E-state index contributed by atoms with van der Waals surface area (Å²) in [4.78, 5) is 25.8. The number of fused-ring (bicyclic) bond motifs is 1. The first-order chi connectivity index (χ1) is 15.3. The van der Waals surface area contributed by atoms with E-state index < -0.39 is 5.41 Å². The number of aromatic nitrogens is 2. The average Bonchev–Trinajstić information content (AvgIpc) is 2.96. The molecule has 2 atom stereocenters. The lowest BCUT2D eigenvalue weighted by Crippen LogP contribution is -2.38. The second-order valence-corrected chi connectivity index (χ2v) is 9.88. The van der Waals surface area contributed by atoms with E-state index in [0.717, 1.165) is 49.3 Å². The maximum Gasteiger partial charge on any atom is 0.226 e. The summed E-state index contributed by atoms with van der Waals surface area (Å²) in [6.45, 7) is 6.72. The Labute approximate surface area is 192 Å². The van der Waals surface area contributed by atoms with E-state index in [1.807, 2.05) is 6.92 Å². The molecule has 1 aliphatic carbocycles.